The van der Waals surface area contributed by atoms with Gasteiger partial charge in [-0.2, -0.15) is 5.26 Å². The maximum Gasteiger partial charge on any atom is 0.213 e. The van der Waals surface area contributed by atoms with Gasteiger partial charge in [0.2, 0.25) is 5.88 Å². The summed E-state index contributed by atoms with van der Waals surface area (Å²) < 4.78 is 5.57. The smallest absolute Gasteiger partial charge is 0.213 e. The summed E-state index contributed by atoms with van der Waals surface area (Å²) in [6.45, 7) is 10.2. The second kappa shape index (κ2) is 6.97. The van der Waals surface area contributed by atoms with Crippen LogP contribution in [0.25, 0.3) is 0 Å². The minimum Gasteiger partial charge on any atom is -0.476 e. The normalized spacial score (nSPS) is 11.0. The van der Waals surface area contributed by atoms with Gasteiger partial charge in [0.15, 0.2) is 0 Å². The van der Waals surface area contributed by atoms with Crippen LogP contribution in [0.3, 0.4) is 0 Å². The highest BCUT2D eigenvalue weighted by molar-refractivity contribution is 5.28. The lowest BCUT2D eigenvalue weighted by Crippen LogP contribution is -2.39. The molecule has 0 bridgehead atoms. The molecule has 4 nitrogen and oxygen atoms in total. The van der Waals surface area contributed by atoms with Gasteiger partial charge < -0.3 is 4.74 Å². The van der Waals surface area contributed by atoms with Crippen LogP contribution < -0.4 is 4.74 Å². The van der Waals surface area contributed by atoms with Gasteiger partial charge in [-0.05, 0) is 33.8 Å². The largest absolute Gasteiger partial charge is 0.476 e. The summed E-state index contributed by atoms with van der Waals surface area (Å²) >= 11 is 0. The Morgan fingerprint density at radius 2 is 1.94 bits per heavy atom. The quantitative estimate of drug-likeness (QED) is 0.774. The van der Waals surface area contributed by atoms with Crippen LogP contribution in [0.1, 0.15) is 33.3 Å². The molecule has 1 heterocycles. The lowest BCUT2D eigenvalue weighted by Gasteiger charge is -2.30. The first kappa shape index (κ1) is 14.5. The first-order valence-corrected chi connectivity index (χ1v) is 6.29. The molecule has 1 aromatic rings. The van der Waals surface area contributed by atoms with Gasteiger partial charge in [-0.3, -0.25) is 4.90 Å². The first-order valence-electron chi connectivity index (χ1n) is 6.29. The fourth-order valence-electron chi connectivity index (χ4n) is 1.90. The van der Waals surface area contributed by atoms with E-state index in [-0.39, 0.29) is 0 Å². The minimum absolute atomic E-state index is 0.502. The number of hydrogen-bond donors (Lipinski definition) is 0. The predicted molar refractivity (Wildman–Crippen MR) is 71.4 cm³/mol. The first-order chi connectivity index (χ1) is 8.54. The summed E-state index contributed by atoms with van der Waals surface area (Å²) in [6, 6.07) is 6.48. The van der Waals surface area contributed by atoms with E-state index in [0.717, 1.165) is 6.54 Å². The zero-order valence-electron chi connectivity index (χ0n) is 11.6. The van der Waals surface area contributed by atoms with Crippen molar-refractivity contribution in [2.45, 2.75) is 39.8 Å². The van der Waals surface area contributed by atoms with Crippen molar-refractivity contribution < 1.29 is 4.74 Å². The monoisotopic (exact) mass is 247 g/mol. The van der Waals surface area contributed by atoms with Crippen molar-refractivity contribution in [3.05, 3.63) is 23.9 Å². The summed E-state index contributed by atoms with van der Waals surface area (Å²) in [4.78, 5) is 6.44. The van der Waals surface area contributed by atoms with Crippen LogP contribution in [0.2, 0.25) is 0 Å². The van der Waals surface area contributed by atoms with Gasteiger partial charge in [0.1, 0.15) is 12.7 Å². The number of aromatic nitrogens is 1. The molecule has 0 aromatic carbocycles. The molecule has 98 valence electrons. The second-order valence-electron chi connectivity index (χ2n) is 4.77. The topological polar surface area (TPSA) is 49.1 Å². The highest BCUT2D eigenvalue weighted by Crippen LogP contribution is 2.08. The molecular formula is C14H21N3O. The van der Waals surface area contributed by atoms with E-state index in [0.29, 0.717) is 30.1 Å². The van der Waals surface area contributed by atoms with Crippen LogP contribution in [-0.4, -0.2) is 35.1 Å². The molecule has 1 rings (SSSR count). The minimum atomic E-state index is 0.502. The van der Waals surface area contributed by atoms with Crippen LogP contribution in [0.5, 0.6) is 5.88 Å². The Morgan fingerprint density at radius 1 is 1.28 bits per heavy atom. The van der Waals surface area contributed by atoms with E-state index >= 15 is 0 Å². The second-order valence-corrected chi connectivity index (χ2v) is 4.77. The van der Waals surface area contributed by atoms with Gasteiger partial charge in [-0.25, -0.2) is 4.98 Å². The fraction of sp³-hybridized carbons (Fsp3) is 0.571. The highest BCUT2D eigenvalue weighted by atomic mass is 16.5. The van der Waals surface area contributed by atoms with Gasteiger partial charge in [0.05, 0.1) is 5.56 Å². The molecule has 0 spiro atoms. The predicted octanol–water partition coefficient (Wildman–Crippen LogP) is 2.45. The number of rotatable bonds is 6. The van der Waals surface area contributed by atoms with Crippen molar-refractivity contribution in [3.8, 4) is 11.9 Å². The van der Waals surface area contributed by atoms with Crippen LogP contribution in [0.4, 0.5) is 0 Å². The molecule has 0 aliphatic rings. The highest BCUT2D eigenvalue weighted by Gasteiger charge is 2.12. The molecule has 0 aliphatic heterocycles. The van der Waals surface area contributed by atoms with Crippen molar-refractivity contribution in [2.24, 2.45) is 0 Å². The Kier molecular flexibility index (Phi) is 5.60. The van der Waals surface area contributed by atoms with Gasteiger partial charge in [-0.1, -0.05) is 0 Å². The molecule has 0 unspecified atom stereocenters. The third-order valence-electron chi connectivity index (χ3n) is 2.79. The summed E-state index contributed by atoms with van der Waals surface area (Å²) in [5, 5.41) is 8.66. The summed E-state index contributed by atoms with van der Waals surface area (Å²) in [7, 11) is 0. The Balaban J connectivity index is 2.43. The van der Waals surface area contributed by atoms with E-state index in [1.165, 1.54) is 6.20 Å². The Morgan fingerprint density at radius 3 is 2.39 bits per heavy atom. The average molecular weight is 247 g/mol. The van der Waals surface area contributed by atoms with Gasteiger partial charge in [0, 0.05) is 30.9 Å². The molecule has 0 radical (unpaired) electrons. The lowest BCUT2D eigenvalue weighted by atomic mass is 10.2. The number of ether oxygens (including phenoxy) is 1. The summed E-state index contributed by atoms with van der Waals surface area (Å²) in [5.74, 6) is 0.571. The third-order valence-corrected chi connectivity index (χ3v) is 2.79. The molecule has 1 aromatic heterocycles. The third kappa shape index (κ3) is 4.34. The summed E-state index contributed by atoms with van der Waals surface area (Å²) in [6.07, 6.45) is 1.53. The van der Waals surface area contributed by atoms with Gasteiger partial charge in [0.25, 0.3) is 0 Å². The zero-order valence-corrected chi connectivity index (χ0v) is 11.6. The van der Waals surface area contributed by atoms with E-state index in [2.05, 4.69) is 37.6 Å². The van der Waals surface area contributed by atoms with Crippen LogP contribution in [0, 0.1) is 11.3 Å². The van der Waals surface area contributed by atoms with Crippen molar-refractivity contribution in [1.82, 2.24) is 9.88 Å². The molecule has 0 fully saturated rings. The Bertz CT molecular complexity index is 384. The van der Waals surface area contributed by atoms with E-state index in [1.54, 1.807) is 12.1 Å². The van der Waals surface area contributed by atoms with E-state index in [1.807, 2.05) is 6.07 Å². The Labute approximate surface area is 109 Å². The molecule has 0 saturated carbocycles. The van der Waals surface area contributed by atoms with Crippen LogP contribution in [-0.2, 0) is 0 Å². The molecule has 0 saturated heterocycles. The summed E-state index contributed by atoms with van der Waals surface area (Å²) in [5.41, 5.74) is 0.549. The maximum absolute atomic E-state index is 8.66. The van der Waals surface area contributed by atoms with Gasteiger partial charge in [-0.15, -0.1) is 0 Å². The molecular weight excluding hydrogens is 226 g/mol. The lowest BCUT2D eigenvalue weighted by molar-refractivity contribution is 0.140. The fourth-order valence-corrected chi connectivity index (χ4v) is 1.90. The number of nitrogens with zero attached hydrogens (tertiary/aromatic N) is 3. The van der Waals surface area contributed by atoms with Crippen LogP contribution >= 0.6 is 0 Å². The number of nitriles is 1. The van der Waals surface area contributed by atoms with Gasteiger partial charge >= 0.3 is 0 Å². The molecule has 18 heavy (non-hydrogen) atoms. The van der Waals surface area contributed by atoms with Crippen molar-refractivity contribution >= 4 is 0 Å². The van der Waals surface area contributed by atoms with E-state index in [4.69, 9.17) is 10.00 Å². The van der Waals surface area contributed by atoms with E-state index < -0.39 is 0 Å². The molecule has 0 atom stereocenters. The van der Waals surface area contributed by atoms with Crippen molar-refractivity contribution in [1.29, 1.82) is 5.26 Å². The van der Waals surface area contributed by atoms with Crippen molar-refractivity contribution in [3.63, 3.8) is 0 Å². The zero-order chi connectivity index (χ0) is 13.5. The maximum atomic E-state index is 8.66. The number of hydrogen-bond acceptors (Lipinski definition) is 4. The molecule has 0 amide bonds. The molecule has 4 heteroatoms. The average Bonchev–Trinajstić information content (AvgIpc) is 2.34. The Hall–Kier alpha value is -1.60. The molecule has 0 aliphatic carbocycles. The van der Waals surface area contributed by atoms with Crippen molar-refractivity contribution in [2.75, 3.05) is 13.2 Å². The number of pyridine rings is 1. The standard InChI is InChI=1S/C14H21N3O/c1-11(2)17(12(3)4)7-8-18-14-6-5-13(9-15)10-16-14/h5-6,10-12H,7-8H2,1-4H3. The van der Waals surface area contributed by atoms with E-state index in [9.17, 15) is 0 Å². The van der Waals surface area contributed by atoms with Crippen LogP contribution in [0.15, 0.2) is 18.3 Å². The SMILES string of the molecule is CC(C)N(CCOc1ccc(C#N)cn1)C(C)C. The molecule has 0 N–H and O–H groups in total.